The van der Waals surface area contributed by atoms with Crippen LogP contribution >= 0.6 is 0 Å². The zero-order valence-electron chi connectivity index (χ0n) is 7.85. The third kappa shape index (κ3) is 2.56. The van der Waals surface area contributed by atoms with E-state index in [1.165, 1.54) is 0 Å². The average Bonchev–Trinajstić information content (AvgIpc) is 2.26. The lowest BCUT2D eigenvalue weighted by Crippen LogP contribution is -2.06. The molecule has 0 aliphatic heterocycles. The number of hydrogen-bond donors (Lipinski definition) is 2. The predicted octanol–water partition coefficient (Wildman–Crippen LogP) is 1.02. The van der Waals surface area contributed by atoms with Crippen LogP contribution in [-0.4, -0.2) is 23.4 Å². The molecule has 2 N–H and O–H groups in total. The number of rotatable bonds is 4. The van der Waals surface area contributed by atoms with E-state index in [2.05, 4.69) is 0 Å². The van der Waals surface area contributed by atoms with E-state index >= 15 is 0 Å². The Morgan fingerprint density at radius 2 is 2.14 bits per heavy atom. The van der Waals surface area contributed by atoms with Gasteiger partial charge in [0.15, 0.2) is 0 Å². The average molecular weight is 191 g/mol. The lowest BCUT2D eigenvalue weighted by molar-refractivity contribution is 0.220. The first-order chi connectivity index (χ1) is 6.81. The van der Waals surface area contributed by atoms with Crippen LogP contribution < -0.4 is 0 Å². The maximum atomic E-state index is 9.08. The minimum absolute atomic E-state index is 0.00452. The van der Waals surface area contributed by atoms with E-state index in [4.69, 9.17) is 15.5 Å². The number of nitriles is 1. The Balaban J connectivity index is 2.87. The molecular weight excluding hydrogens is 178 g/mol. The topological polar surface area (TPSA) is 64.2 Å². The van der Waals surface area contributed by atoms with Crippen LogP contribution in [0, 0.1) is 11.3 Å². The highest BCUT2D eigenvalue weighted by atomic mass is 16.3. The van der Waals surface area contributed by atoms with Gasteiger partial charge < -0.3 is 10.2 Å². The van der Waals surface area contributed by atoms with Gasteiger partial charge in [-0.05, 0) is 24.1 Å². The summed E-state index contributed by atoms with van der Waals surface area (Å²) >= 11 is 0. The number of aliphatic hydroxyl groups is 2. The van der Waals surface area contributed by atoms with Crippen molar-refractivity contribution in [1.29, 1.82) is 5.26 Å². The number of aliphatic hydroxyl groups excluding tert-OH is 2. The summed E-state index contributed by atoms with van der Waals surface area (Å²) in [6.07, 6.45) is 0.519. The molecule has 1 aromatic rings. The Hall–Kier alpha value is -1.37. The molecule has 0 spiro atoms. The SMILES string of the molecule is N#Cc1cccc(C(CO)CCO)c1. The van der Waals surface area contributed by atoms with Gasteiger partial charge in [0.2, 0.25) is 0 Å². The van der Waals surface area contributed by atoms with Crippen LogP contribution in [-0.2, 0) is 0 Å². The molecule has 0 fully saturated rings. The molecular formula is C11H13NO2. The summed E-state index contributed by atoms with van der Waals surface area (Å²) in [5, 5.41) is 26.5. The standard InChI is InChI=1S/C11H13NO2/c12-7-9-2-1-3-10(6-9)11(8-14)4-5-13/h1-3,6,11,13-14H,4-5,8H2. The van der Waals surface area contributed by atoms with Gasteiger partial charge in [-0.15, -0.1) is 0 Å². The Bertz CT molecular complexity index is 330. The molecule has 0 saturated heterocycles. The molecule has 1 atom stereocenters. The summed E-state index contributed by atoms with van der Waals surface area (Å²) in [6.45, 7) is 0.0391. The largest absolute Gasteiger partial charge is 0.396 e. The zero-order valence-corrected chi connectivity index (χ0v) is 7.85. The van der Waals surface area contributed by atoms with Crippen molar-refractivity contribution < 1.29 is 10.2 Å². The minimum atomic E-state index is -0.0756. The van der Waals surface area contributed by atoms with Crippen LogP contribution in [0.5, 0.6) is 0 Å². The third-order valence-electron chi connectivity index (χ3n) is 2.19. The molecule has 0 radical (unpaired) electrons. The van der Waals surface area contributed by atoms with Crippen LogP contribution in [0.25, 0.3) is 0 Å². The molecule has 0 saturated carbocycles. The van der Waals surface area contributed by atoms with Gasteiger partial charge in [0, 0.05) is 12.5 Å². The summed E-state index contributed by atoms with van der Waals surface area (Å²) in [6, 6.07) is 9.15. The van der Waals surface area contributed by atoms with Gasteiger partial charge in [0.25, 0.3) is 0 Å². The number of nitrogens with zero attached hydrogens (tertiary/aromatic N) is 1. The van der Waals surface area contributed by atoms with Crippen molar-refractivity contribution in [3.05, 3.63) is 35.4 Å². The van der Waals surface area contributed by atoms with Crippen molar-refractivity contribution in [3.8, 4) is 6.07 Å². The molecule has 0 aliphatic rings. The molecule has 0 aliphatic carbocycles. The van der Waals surface area contributed by atoms with Crippen LogP contribution in [0.15, 0.2) is 24.3 Å². The molecule has 1 unspecified atom stereocenters. The van der Waals surface area contributed by atoms with Crippen LogP contribution in [0.4, 0.5) is 0 Å². The highest BCUT2D eigenvalue weighted by Gasteiger charge is 2.09. The van der Waals surface area contributed by atoms with E-state index in [1.54, 1.807) is 18.2 Å². The second kappa shape index (κ2) is 5.38. The summed E-state index contributed by atoms with van der Waals surface area (Å²) in [5.41, 5.74) is 1.49. The van der Waals surface area contributed by atoms with E-state index < -0.39 is 0 Å². The lowest BCUT2D eigenvalue weighted by atomic mass is 9.95. The van der Waals surface area contributed by atoms with Crippen molar-refractivity contribution in [2.75, 3.05) is 13.2 Å². The van der Waals surface area contributed by atoms with Gasteiger partial charge in [-0.25, -0.2) is 0 Å². The van der Waals surface area contributed by atoms with E-state index in [0.717, 1.165) is 5.56 Å². The lowest BCUT2D eigenvalue weighted by Gasteiger charge is -2.12. The smallest absolute Gasteiger partial charge is 0.0991 e. The van der Waals surface area contributed by atoms with Gasteiger partial charge in [0.05, 0.1) is 18.2 Å². The van der Waals surface area contributed by atoms with Crippen LogP contribution in [0.1, 0.15) is 23.5 Å². The Kier molecular flexibility index (Phi) is 4.11. The first-order valence-corrected chi connectivity index (χ1v) is 4.53. The quantitative estimate of drug-likeness (QED) is 0.746. The van der Waals surface area contributed by atoms with Gasteiger partial charge in [0.1, 0.15) is 0 Å². The Morgan fingerprint density at radius 3 is 2.71 bits per heavy atom. The van der Waals surface area contributed by atoms with Crippen molar-refractivity contribution in [3.63, 3.8) is 0 Å². The van der Waals surface area contributed by atoms with E-state index in [1.807, 2.05) is 12.1 Å². The predicted molar refractivity (Wildman–Crippen MR) is 52.7 cm³/mol. The summed E-state index contributed by atoms with van der Waals surface area (Å²) in [7, 11) is 0. The van der Waals surface area contributed by atoms with Crippen molar-refractivity contribution in [2.24, 2.45) is 0 Å². The van der Waals surface area contributed by atoms with E-state index in [-0.39, 0.29) is 19.1 Å². The second-order valence-corrected chi connectivity index (χ2v) is 3.13. The highest BCUT2D eigenvalue weighted by Crippen LogP contribution is 2.19. The van der Waals surface area contributed by atoms with E-state index in [0.29, 0.717) is 12.0 Å². The van der Waals surface area contributed by atoms with Crippen molar-refractivity contribution in [1.82, 2.24) is 0 Å². The van der Waals surface area contributed by atoms with Gasteiger partial charge in [-0.3, -0.25) is 0 Å². The molecule has 0 amide bonds. The highest BCUT2D eigenvalue weighted by molar-refractivity contribution is 5.34. The minimum Gasteiger partial charge on any atom is -0.396 e. The van der Waals surface area contributed by atoms with Gasteiger partial charge >= 0.3 is 0 Å². The van der Waals surface area contributed by atoms with Gasteiger partial charge in [-0.1, -0.05) is 12.1 Å². The first-order valence-electron chi connectivity index (χ1n) is 4.53. The zero-order chi connectivity index (χ0) is 10.4. The van der Waals surface area contributed by atoms with Gasteiger partial charge in [-0.2, -0.15) is 5.26 Å². The summed E-state index contributed by atoms with van der Waals surface area (Å²) in [4.78, 5) is 0. The molecule has 14 heavy (non-hydrogen) atoms. The Morgan fingerprint density at radius 1 is 1.36 bits per heavy atom. The number of benzene rings is 1. The fourth-order valence-corrected chi connectivity index (χ4v) is 1.38. The maximum absolute atomic E-state index is 9.08. The first kappa shape index (κ1) is 10.7. The van der Waals surface area contributed by atoms with Crippen molar-refractivity contribution in [2.45, 2.75) is 12.3 Å². The molecule has 3 nitrogen and oxygen atoms in total. The molecule has 0 bridgehead atoms. The fourth-order valence-electron chi connectivity index (χ4n) is 1.38. The van der Waals surface area contributed by atoms with E-state index in [9.17, 15) is 0 Å². The molecule has 3 heteroatoms. The van der Waals surface area contributed by atoms with Crippen molar-refractivity contribution >= 4 is 0 Å². The molecule has 0 aromatic heterocycles. The monoisotopic (exact) mass is 191 g/mol. The molecule has 0 heterocycles. The Labute approximate surface area is 83.2 Å². The fraction of sp³-hybridized carbons (Fsp3) is 0.364. The van der Waals surface area contributed by atoms with Crippen LogP contribution in [0.2, 0.25) is 0 Å². The normalized spacial score (nSPS) is 12.1. The van der Waals surface area contributed by atoms with Crippen LogP contribution in [0.3, 0.4) is 0 Å². The summed E-state index contributed by atoms with van der Waals surface area (Å²) in [5.74, 6) is -0.0756. The summed E-state index contributed by atoms with van der Waals surface area (Å²) < 4.78 is 0. The molecule has 1 rings (SSSR count). The molecule has 1 aromatic carbocycles. The third-order valence-corrected chi connectivity index (χ3v) is 2.19. The number of hydrogen-bond acceptors (Lipinski definition) is 3. The second-order valence-electron chi connectivity index (χ2n) is 3.13. The molecule has 74 valence electrons. The maximum Gasteiger partial charge on any atom is 0.0991 e.